The highest BCUT2D eigenvalue weighted by molar-refractivity contribution is 9.10. The van der Waals surface area contributed by atoms with Crippen molar-refractivity contribution in [2.75, 3.05) is 26.8 Å². The summed E-state index contributed by atoms with van der Waals surface area (Å²) >= 11 is 3.62. The summed E-state index contributed by atoms with van der Waals surface area (Å²) in [4.78, 5) is 0. The third-order valence-electron chi connectivity index (χ3n) is 6.53. The molecule has 2 atom stereocenters. The summed E-state index contributed by atoms with van der Waals surface area (Å²) in [5, 5.41) is 0. The average molecular weight is 519 g/mol. The van der Waals surface area contributed by atoms with Crippen LogP contribution in [0, 0.1) is 0 Å². The van der Waals surface area contributed by atoms with E-state index in [1.54, 1.807) is 0 Å². The molecule has 2 unspecified atom stereocenters. The summed E-state index contributed by atoms with van der Waals surface area (Å²) in [5.41, 5.74) is 5.09. The van der Waals surface area contributed by atoms with Gasteiger partial charge in [-0.2, -0.15) is 0 Å². The van der Waals surface area contributed by atoms with E-state index < -0.39 is 0 Å². The Hall–Kier alpha value is -1.96. The smallest absolute Gasteiger partial charge is 0.231 e. The van der Waals surface area contributed by atoms with Gasteiger partial charge in [-0.1, -0.05) is 48.7 Å². The number of hydrogen-bond acceptors (Lipinski definition) is 6. The number of benzene rings is 2. The molecule has 0 radical (unpaired) electrons. The summed E-state index contributed by atoms with van der Waals surface area (Å²) < 4.78 is 34.9. The molecule has 6 nitrogen and oxygen atoms in total. The van der Waals surface area contributed by atoms with Crippen LogP contribution in [0.2, 0.25) is 0 Å². The maximum Gasteiger partial charge on any atom is 0.231 e. The molecule has 0 saturated heterocycles. The molecule has 0 aliphatic carbocycles. The summed E-state index contributed by atoms with van der Waals surface area (Å²) in [5.74, 6) is 3.50. The van der Waals surface area contributed by atoms with Crippen molar-refractivity contribution in [3.8, 4) is 23.0 Å². The fraction of sp³-hybridized carbons (Fsp3) is 0.538. The normalized spacial score (nSPS) is 21.7. The zero-order valence-corrected chi connectivity index (χ0v) is 20.9. The fourth-order valence-corrected chi connectivity index (χ4v) is 5.66. The van der Waals surface area contributed by atoms with Gasteiger partial charge in [0, 0.05) is 15.6 Å². The lowest BCUT2D eigenvalue weighted by Crippen LogP contribution is -2.17. The first-order valence-corrected chi connectivity index (χ1v) is 12.8. The van der Waals surface area contributed by atoms with Crippen molar-refractivity contribution in [2.45, 2.75) is 64.6 Å². The van der Waals surface area contributed by atoms with Gasteiger partial charge in [0.2, 0.25) is 13.6 Å². The molecule has 2 aromatic carbocycles. The molecule has 4 aliphatic heterocycles. The number of rotatable bonds is 4. The van der Waals surface area contributed by atoms with Gasteiger partial charge in [-0.15, -0.1) is 0 Å². The van der Waals surface area contributed by atoms with Crippen molar-refractivity contribution in [2.24, 2.45) is 0 Å². The molecule has 0 fully saturated rings. The highest BCUT2D eigenvalue weighted by Gasteiger charge is 2.31. The summed E-state index contributed by atoms with van der Waals surface area (Å²) in [6, 6.07) is 6.17. The van der Waals surface area contributed by atoms with E-state index in [1.807, 2.05) is 12.1 Å². The van der Waals surface area contributed by atoms with E-state index in [0.29, 0.717) is 13.6 Å². The van der Waals surface area contributed by atoms with Gasteiger partial charge in [-0.05, 0) is 48.9 Å². The quantitative estimate of drug-likeness (QED) is 0.465. The summed E-state index contributed by atoms with van der Waals surface area (Å²) in [6.45, 7) is 6.61. The molecule has 0 amide bonds. The molecule has 2 aromatic rings. The van der Waals surface area contributed by atoms with Gasteiger partial charge in [0.25, 0.3) is 0 Å². The van der Waals surface area contributed by atoms with Crippen molar-refractivity contribution >= 4 is 15.9 Å². The molecule has 0 spiro atoms. The van der Waals surface area contributed by atoms with Crippen LogP contribution in [0.25, 0.3) is 0 Å². The molecule has 0 bridgehead atoms. The van der Waals surface area contributed by atoms with E-state index in [9.17, 15) is 0 Å². The Bertz CT molecular complexity index is 1000. The molecule has 0 N–H and O–H groups in total. The third-order valence-corrected chi connectivity index (χ3v) is 7.24. The van der Waals surface area contributed by atoms with Crippen molar-refractivity contribution in [1.82, 2.24) is 0 Å². The second kappa shape index (κ2) is 10.1. The Morgan fingerprint density at radius 2 is 1.42 bits per heavy atom. The number of halogens is 1. The van der Waals surface area contributed by atoms with E-state index in [4.69, 9.17) is 28.4 Å². The lowest BCUT2D eigenvalue weighted by atomic mass is 9.93. The summed E-state index contributed by atoms with van der Waals surface area (Å²) in [6.07, 6.45) is 6.55. The van der Waals surface area contributed by atoms with Crippen LogP contribution < -0.4 is 18.9 Å². The highest BCUT2D eigenvalue weighted by atomic mass is 79.9. The van der Waals surface area contributed by atoms with Crippen LogP contribution in [0.1, 0.15) is 74.0 Å². The van der Waals surface area contributed by atoms with Gasteiger partial charge in [0.1, 0.15) is 0 Å². The van der Waals surface area contributed by atoms with Gasteiger partial charge in [-0.3, -0.25) is 0 Å². The van der Waals surface area contributed by atoms with E-state index in [2.05, 4.69) is 35.8 Å². The zero-order valence-electron chi connectivity index (χ0n) is 19.3. The van der Waals surface area contributed by atoms with Crippen LogP contribution in [0.3, 0.4) is 0 Å². The zero-order chi connectivity index (χ0) is 22.8. The van der Waals surface area contributed by atoms with Crippen LogP contribution >= 0.6 is 15.9 Å². The number of ether oxygens (including phenoxy) is 6. The molecule has 4 aliphatic rings. The SMILES string of the molecule is CCCC1OCCc2c(Br)cc3c(c21)OCO3.CCCC1OCCc2ccc3c(c21)OCO3. The van der Waals surface area contributed by atoms with Crippen molar-refractivity contribution < 1.29 is 28.4 Å². The topological polar surface area (TPSA) is 55.4 Å². The largest absolute Gasteiger partial charge is 0.454 e. The Balaban J connectivity index is 0.000000139. The van der Waals surface area contributed by atoms with Gasteiger partial charge < -0.3 is 28.4 Å². The second-order valence-corrected chi connectivity index (χ2v) is 9.51. The predicted octanol–water partition coefficient (Wildman–Crippen LogP) is 6.42. The molecular formula is C26H31BrO6. The van der Waals surface area contributed by atoms with Crippen LogP contribution in [0.15, 0.2) is 22.7 Å². The first-order chi connectivity index (χ1) is 16.2. The first-order valence-electron chi connectivity index (χ1n) is 12.0. The second-order valence-electron chi connectivity index (χ2n) is 8.65. The molecule has 33 heavy (non-hydrogen) atoms. The lowest BCUT2D eigenvalue weighted by Gasteiger charge is -2.27. The maximum atomic E-state index is 5.87. The van der Waals surface area contributed by atoms with Crippen molar-refractivity contribution in [1.29, 1.82) is 0 Å². The Morgan fingerprint density at radius 3 is 2.15 bits per heavy atom. The Kier molecular flexibility index (Phi) is 6.99. The molecule has 7 heteroatoms. The average Bonchev–Trinajstić information content (AvgIpc) is 3.50. The van der Waals surface area contributed by atoms with E-state index in [1.165, 1.54) is 22.3 Å². The maximum absolute atomic E-state index is 5.87. The molecule has 6 rings (SSSR count). The van der Waals surface area contributed by atoms with Crippen LogP contribution in [-0.2, 0) is 22.3 Å². The van der Waals surface area contributed by atoms with Gasteiger partial charge in [0.15, 0.2) is 23.0 Å². The molecule has 0 saturated carbocycles. The van der Waals surface area contributed by atoms with Crippen LogP contribution in [0.5, 0.6) is 23.0 Å². The Labute approximate surface area is 203 Å². The van der Waals surface area contributed by atoms with Crippen LogP contribution in [0.4, 0.5) is 0 Å². The highest BCUT2D eigenvalue weighted by Crippen LogP contribution is 2.48. The monoisotopic (exact) mass is 518 g/mol. The van der Waals surface area contributed by atoms with E-state index in [0.717, 1.165) is 79.2 Å². The minimum Gasteiger partial charge on any atom is -0.454 e. The molecule has 178 valence electrons. The van der Waals surface area contributed by atoms with Crippen LogP contribution in [-0.4, -0.2) is 26.8 Å². The predicted molar refractivity (Wildman–Crippen MR) is 127 cm³/mol. The fourth-order valence-electron chi connectivity index (χ4n) is 5.04. The van der Waals surface area contributed by atoms with E-state index in [-0.39, 0.29) is 12.2 Å². The third kappa shape index (κ3) is 4.43. The standard InChI is InChI=1S/C13H15BrO3.C13H16O3/c1-2-3-10-12-8(4-5-15-10)9(14)6-11-13(12)17-7-16-11;1-2-3-10-12-9(6-7-14-10)4-5-11-13(12)16-8-15-11/h6,10H,2-5,7H2,1H3;4-5,10H,2-3,6-8H2,1H3. The van der Waals surface area contributed by atoms with Gasteiger partial charge in [-0.25, -0.2) is 0 Å². The van der Waals surface area contributed by atoms with Gasteiger partial charge >= 0.3 is 0 Å². The molecule has 4 heterocycles. The molecule has 0 aromatic heterocycles. The minimum absolute atomic E-state index is 0.150. The lowest BCUT2D eigenvalue weighted by molar-refractivity contribution is 0.0335. The van der Waals surface area contributed by atoms with Crippen molar-refractivity contribution in [3.05, 3.63) is 44.9 Å². The van der Waals surface area contributed by atoms with Gasteiger partial charge in [0.05, 0.1) is 25.4 Å². The summed E-state index contributed by atoms with van der Waals surface area (Å²) in [7, 11) is 0. The first kappa shape index (κ1) is 22.8. The minimum atomic E-state index is 0.150. The molecular weight excluding hydrogens is 488 g/mol. The number of hydrogen-bond donors (Lipinski definition) is 0. The van der Waals surface area contributed by atoms with E-state index >= 15 is 0 Å². The Morgan fingerprint density at radius 1 is 0.788 bits per heavy atom. The number of fused-ring (bicyclic) bond motifs is 6. The van der Waals surface area contributed by atoms with Crippen molar-refractivity contribution in [3.63, 3.8) is 0 Å².